The van der Waals surface area contributed by atoms with Crippen LogP contribution in [0.3, 0.4) is 0 Å². The molecule has 2 heterocycles. The molecule has 1 aliphatic rings. The normalized spacial score (nSPS) is 12.7. The van der Waals surface area contributed by atoms with Crippen LogP contribution in [0.15, 0.2) is 42.5 Å². The molecule has 5 nitrogen and oxygen atoms in total. The first-order valence-electron chi connectivity index (χ1n) is 6.44. The van der Waals surface area contributed by atoms with Crippen molar-refractivity contribution < 1.29 is 19.4 Å². The largest absolute Gasteiger partial charge is 0.497 e. The SMILES string of the molecule is COc1ccc(C(=O)c2ccc3n2CC=C3C(=O)O)cc1. The van der Waals surface area contributed by atoms with Crippen LogP contribution in [0.25, 0.3) is 5.57 Å². The fraction of sp³-hybridized carbons (Fsp3) is 0.125. The molecule has 1 aliphatic heterocycles. The predicted molar refractivity (Wildman–Crippen MR) is 76.5 cm³/mol. The highest BCUT2D eigenvalue weighted by molar-refractivity contribution is 6.16. The average Bonchev–Trinajstić information content (AvgIpc) is 3.07. The summed E-state index contributed by atoms with van der Waals surface area (Å²) in [5.74, 6) is -0.430. The molecule has 21 heavy (non-hydrogen) atoms. The summed E-state index contributed by atoms with van der Waals surface area (Å²) in [6, 6.07) is 10.2. The highest BCUT2D eigenvalue weighted by Gasteiger charge is 2.24. The molecule has 0 unspecified atom stereocenters. The van der Waals surface area contributed by atoms with E-state index in [9.17, 15) is 9.59 Å². The number of fused-ring (bicyclic) bond motifs is 1. The van der Waals surface area contributed by atoms with E-state index in [0.29, 0.717) is 29.2 Å². The number of ether oxygens (including phenoxy) is 1. The highest BCUT2D eigenvalue weighted by atomic mass is 16.5. The lowest BCUT2D eigenvalue weighted by Crippen LogP contribution is -2.09. The maximum atomic E-state index is 12.5. The molecule has 0 saturated carbocycles. The number of nitrogens with zero attached hydrogens (tertiary/aromatic N) is 1. The molecule has 0 aliphatic carbocycles. The second-order valence-corrected chi connectivity index (χ2v) is 4.69. The third-order valence-electron chi connectivity index (χ3n) is 3.55. The molecule has 1 aromatic carbocycles. The lowest BCUT2D eigenvalue weighted by Gasteiger charge is -2.06. The number of carbonyl (C=O) groups excluding carboxylic acids is 1. The number of carboxylic acid groups (broad SMARTS) is 1. The monoisotopic (exact) mass is 283 g/mol. The van der Waals surface area contributed by atoms with Crippen LogP contribution in [0, 0.1) is 0 Å². The van der Waals surface area contributed by atoms with Gasteiger partial charge >= 0.3 is 5.97 Å². The minimum absolute atomic E-state index is 0.135. The van der Waals surface area contributed by atoms with E-state index in [1.165, 1.54) is 0 Å². The summed E-state index contributed by atoms with van der Waals surface area (Å²) in [4.78, 5) is 23.6. The van der Waals surface area contributed by atoms with Gasteiger partial charge in [0, 0.05) is 12.1 Å². The number of carboxylic acids is 1. The third-order valence-corrected chi connectivity index (χ3v) is 3.55. The Morgan fingerprint density at radius 3 is 2.48 bits per heavy atom. The van der Waals surface area contributed by atoms with Crippen LogP contribution in [-0.4, -0.2) is 28.5 Å². The Balaban J connectivity index is 1.94. The predicted octanol–water partition coefficient (Wildman–Crippen LogP) is 2.21. The van der Waals surface area contributed by atoms with Crippen molar-refractivity contribution in [3.63, 3.8) is 0 Å². The minimum Gasteiger partial charge on any atom is -0.497 e. The van der Waals surface area contributed by atoms with Crippen molar-refractivity contribution >= 4 is 17.3 Å². The zero-order valence-electron chi connectivity index (χ0n) is 11.4. The van der Waals surface area contributed by atoms with Gasteiger partial charge < -0.3 is 14.4 Å². The van der Waals surface area contributed by atoms with Crippen LogP contribution in [0.2, 0.25) is 0 Å². The minimum atomic E-state index is -0.977. The van der Waals surface area contributed by atoms with Crippen molar-refractivity contribution in [2.24, 2.45) is 0 Å². The summed E-state index contributed by atoms with van der Waals surface area (Å²) in [6.45, 7) is 0.404. The third kappa shape index (κ3) is 2.12. The molecule has 106 valence electrons. The number of benzene rings is 1. The van der Waals surface area contributed by atoms with Gasteiger partial charge in [0.15, 0.2) is 0 Å². The lowest BCUT2D eigenvalue weighted by molar-refractivity contribution is -0.130. The second-order valence-electron chi connectivity index (χ2n) is 4.69. The Hall–Kier alpha value is -2.82. The van der Waals surface area contributed by atoms with Gasteiger partial charge in [0.1, 0.15) is 5.75 Å². The summed E-state index contributed by atoms with van der Waals surface area (Å²) in [5, 5.41) is 9.10. The molecule has 0 bridgehead atoms. The first-order valence-corrected chi connectivity index (χ1v) is 6.44. The summed E-state index contributed by atoms with van der Waals surface area (Å²) >= 11 is 0. The van der Waals surface area contributed by atoms with Gasteiger partial charge in [-0.2, -0.15) is 0 Å². The van der Waals surface area contributed by atoms with E-state index in [1.54, 1.807) is 54.2 Å². The van der Waals surface area contributed by atoms with Crippen molar-refractivity contribution in [1.29, 1.82) is 0 Å². The highest BCUT2D eigenvalue weighted by Crippen LogP contribution is 2.26. The van der Waals surface area contributed by atoms with Crippen molar-refractivity contribution in [3.8, 4) is 5.75 Å². The van der Waals surface area contributed by atoms with E-state index in [-0.39, 0.29) is 11.4 Å². The van der Waals surface area contributed by atoms with Crippen molar-refractivity contribution in [2.45, 2.75) is 6.54 Å². The molecule has 0 fully saturated rings. The van der Waals surface area contributed by atoms with E-state index in [0.717, 1.165) is 0 Å². The van der Waals surface area contributed by atoms with Gasteiger partial charge in [0.05, 0.1) is 24.1 Å². The Labute approximate surface area is 121 Å². The van der Waals surface area contributed by atoms with Gasteiger partial charge in [-0.1, -0.05) is 0 Å². The molecule has 1 aromatic heterocycles. The molecule has 0 atom stereocenters. The Morgan fingerprint density at radius 2 is 1.86 bits per heavy atom. The standard InChI is InChI=1S/C16H13NO4/c1-21-11-4-2-10(3-5-11)15(18)14-7-6-13-12(16(19)20)8-9-17(13)14/h2-8H,9H2,1H3,(H,19,20). The summed E-state index contributed by atoms with van der Waals surface area (Å²) in [6.07, 6.45) is 1.61. The van der Waals surface area contributed by atoms with E-state index in [2.05, 4.69) is 0 Å². The first kappa shape index (κ1) is 13.2. The molecule has 0 spiro atoms. The number of aromatic nitrogens is 1. The number of aliphatic carboxylic acids is 1. The van der Waals surface area contributed by atoms with Crippen LogP contribution < -0.4 is 4.74 Å². The fourth-order valence-corrected chi connectivity index (χ4v) is 2.47. The van der Waals surface area contributed by atoms with Gasteiger partial charge in [-0.05, 0) is 42.5 Å². The number of rotatable bonds is 4. The maximum Gasteiger partial charge on any atom is 0.337 e. The molecule has 0 saturated heterocycles. The number of ketones is 1. The fourth-order valence-electron chi connectivity index (χ4n) is 2.47. The number of hydrogen-bond donors (Lipinski definition) is 1. The van der Waals surface area contributed by atoms with Crippen LogP contribution >= 0.6 is 0 Å². The summed E-state index contributed by atoms with van der Waals surface area (Å²) < 4.78 is 6.78. The quantitative estimate of drug-likeness (QED) is 0.873. The van der Waals surface area contributed by atoms with Crippen LogP contribution in [-0.2, 0) is 11.3 Å². The number of allylic oxidation sites excluding steroid dienone is 1. The zero-order valence-corrected chi connectivity index (χ0v) is 11.4. The van der Waals surface area contributed by atoms with Gasteiger partial charge in [0.25, 0.3) is 0 Å². The van der Waals surface area contributed by atoms with Gasteiger partial charge in [-0.3, -0.25) is 4.79 Å². The van der Waals surface area contributed by atoms with Crippen LogP contribution in [0.1, 0.15) is 21.7 Å². The average molecular weight is 283 g/mol. The van der Waals surface area contributed by atoms with Crippen molar-refractivity contribution in [1.82, 2.24) is 4.57 Å². The van der Waals surface area contributed by atoms with Crippen LogP contribution in [0.5, 0.6) is 5.75 Å². The molecule has 3 rings (SSSR count). The molecule has 2 aromatic rings. The van der Waals surface area contributed by atoms with E-state index < -0.39 is 5.97 Å². The van der Waals surface area contributed by atoms with Gasteiger partial charge in [-0.15, -0.1) is 0 Å². The maximum absolute atomic E-state index is 12.5. The summed E-state index contributed by atoms with van der Waals surface area (Å²) in [5.41, 5.74) is 1.84. The number of carbonyl (C=O) groups is 2. The molecule has 0 amide bonds. The Morgan fingerprint density at radius 1 is 1.14 bits per heavy atom. The van der Waals surface area contributed by atoms with Crippen molar-refractivity contribution in [3.05, 3.63) is 59.4 Å². The second kappa shape index (κ2) is 4.94. The topological polar surface area (TPSA) is 68.5 Å². The van der Waals surface area contributed by atoms with Crippen molar-refractivity contribution in [2.75, 3.05) is 7.11 Å². The van der Waals surface area contributed by atoms with Gasteiger partial charge in [-0.25, -0.2) is 4.79 Å². The zero-order chi connectivity index (χ0) is 15.0. The first-order chi connectivity index (χ1) is 10.1. The Bertz CT molecular complexity index is 753. The number of methoxy groups -OCH3 is 1. The molecular weight excluding hydrogens is 270 g/mol. The molecule has 1 N–H and O–H groups in total. The van der Waals surface area contributed by atoms with E-state index in [1.807, 2.05) is 0 Å². The molecular formula is C16H13NO4. The summed E-state index contributed by atoms with van der Waals surface area (Å²) in [7, 11) is 1.57. The lowest BCUT2D eigenvalue weighted by atomic mass is 10.1. The van der Waals surface area contributed by atoms with E-state index in [4.69, 9.17) is 9.84 Å². The Kier molecular flexibility index (Phi) is 3.10. The molecule has 5 heteroatoms. The number of hydrogen-bond acceptors (Lipinski definition) is 3. The molecule has 0 radical (unpaired) electrons. The van der Waals surface area contributed by atoms with Crippen LogP contribution in [0.4, 0.5) is 0 Å². The van der Waals surface area contributed by atoms with E-state index >= 15 is 0 Å². The van der Waals surface area contributed by atoms with Gasteiger partial charge in [0.2, 0.25) is 5.78 Å². The smallest absolute Gasteiger partial charge is 0.337 e.